The molecule has 2 atom stereocenters. The zero-order chi connectivity index (χ0) is 20.1. The minimum absolute atomic E-state index is 0.0803. The number of aromatic nitrogens is 2. The fraction of sp³-hybridized carbons (Fsp3) is 0.316. The summed E-state index contributed by atoms with van der Waals surface area (Å²) in [7, 11) is 1.31. The number of methoxy groups -OCH3 is 1. The summed E-state index contributed by atoms with van der Waals surface area (Å²) in [4.78, 5) is 31.6. The van der Waals surface area contributed by atoms with Crippen molar-refractivity contribution in [2.45, 2.75) is 18.9 Å². The van der Waals surface area contributed by atoms with Crippen molar-refractivity contribution in [1.82, 2.24) is 15.3 Å². The van der Waals surface area contributed by atoms with Crippen molar-refractivity contribution in [3.63, 3.8) is 0 Å². The molecule has 146 valence electrons. The molecule has 0 saturated carbocycles. The highest BCUT2D eigenvalue weighted by molar-refractivity contribution is 5.92. The van der Waals surface area contributed by atoms with E-state index in [1.165, 1.54) is 13.3 Å². The first-order chi connectivity index (χ1) is 13.5. The van der Waals surface area contributed by atoms with Crippen LogP contribution in [0.4, 0.5) is 0 Å². The van der Waals surface area contributed by atoms with Crippen LogP contribution in [0.1, 0.15) is 18.5 Å². The third-order valence-electron chi connectivity index (χ3n) is 4.46. The number of amidine groups is 1. The number of nitrogens with one attached hydrogen (secondary N) is 2. The average molecular weight is 383 g/mol. The van der Waals surface area contributed by atoms with Gasteiger partial charge in [-0.15, -0.1) is 0 Å². The highest BCUT2D eigenvalue weighted by Crippen LogP contribution is 2.23. The molecule has 1 aromatic carbocycles. The van der Waals surface area contributed by atoms with Gasteiger partial charge < -0.3 is 20.5 Å². The third kappa shape index (κ3) is 4.61. The van der Waals surface area contributed by atoms with Gasteiger partial charge >= 0.3 is 5.97 Å². The Morgan fingerprint density at radius 1 is 1.29 bits per heavy atom. The zero-order valence-electron chi connectivity index (χ0n) is 15.3. The molecular formula is C19H21N5O4. The van der Waals surface area contributed by atoms with E-state index in [0.29, 0.717) is 30.2 Å². The number of esters is 1. The maximum absolute atomic E-state index is 11.9. The van der Waals surface area contributed by atoms with E-state index in [2.05, 4.69) is 20.0 Å². The summed E-state index contributed by atoms with van der Waals surface area (Å²) < 4.78 is 10.4. The number of benzene rings is 1. The molecule has 9 heteroatoms. The number of hydrogen-bond acceptors (Lipinski definition) is 7. The molecule has 2 heterocycles. The number of hydrogen-bond donors (Lipinski definition) is 3. The van der Waals surface area contributed by atoms with Gasteiger partial charge in [-0.05, 0) is 30.7 Å². The number of carbonyl (C=O) groups excluding carboxylic acids is 2. The molecule has 0 aliphatic carbocycles. The Hall–Kier alpha value is -3.49. The zero-order valence-corrected chi connectivity index (χ0v) is 15.3. The maximum atomic E-state index is 11.9. The van der Waals surface area contributed by atoms with E-state index in [0.717, 1.165) is 5.56 Å². The molecule has 1 saturated heterocycles. The molecule has 1 fully saturated rings. The van der Waals surface area contributed by atoms with Gasteiger partial charge in [0, 0.05) is 5.56 Å². The van der Waals surface area contributed by atoms with Crippen LogP contribution in [0.25, 0.3) is 11.3 Å². The summed E-state index contributed by atoms with van der Waals surface area (Å²) in [5, 5.41) is 10.2. The van der Waals surface area contributed by atoms with Crippen molar-refractivity contribution in [3.8, 4) is 17.0 Å². The van der Waals surface area contributed by atoms with Crippen LogP contribution < -0.4 is 15.8 Å². The number of ether oxygens (including phenoxy) is 2. The molecule has 1 aliphatic heterocycles. The van der Waals surface area contributed by atoms with E-state index in [4.69, 9.17) is 15.9 Å². The molecule has 4 N–H and O–H groups in total. The minimum Gasteiger partial charge on any atom is -0.491 e. The first kappa shape index (κ1) is 19.3. The molecule has 9 nitrogen and oxygen atoms in total. The lowest BCUT2D eigenvalue weighted by atomic mass is 10.0. The van der Waals surface area contributed by atoms with Crippen molar-refractivity contribution in [2.24, 2.45) is 11.7 Å². The molecule has 0 unspecified atom stereocenters. The van der Waals surface area contributed by atoms with E-state index in [-0.39, 0.29) is 30.1 Å². The van der Waals surface area contributed by atoms with E-state index in [1.54, 1.807) is 18.3 Å². The second kappa shape index (κ2) is 8.47. The summed E-state index contributed by atoms with van der Waals surface area (Å²) in [5.41, 5.74) is 7.20. The SMILES string of the molecule is COC(=O)C[C@@H]1C[C@@H](COc2ccc(-c3cnc(C(=N)N)cn3)cc2)NC1=O. The highest BCUT2D eigenvalue weighted by atomic mass is 16.5. The number of carbonyl (C=O) groups is 2. The Morgan fingerprint density at radius 2 is 2.04 bits per heavy atom. The second-order valence-corrected chi connectivity index (χ2v) is 6.45. The number of nitrogens with two attached hydrogens (primary N) is 1. The normalized spacial score (nSPS) is 18.4. The van der Waals surface area contributed by atoms with Crippen LogP contribution in [0.2, 0.25) is 0 Å². The fourth-order valence-electron chi connectivity index (χ4n) is 2.93. The number of nitrogen functional groups attached to an aromatic ring is 1. The Kier molecular flexibility index (Phi) is 5.83. The largest absolute Gasteiger partial charge is 0.491 e. The van der Waals surface area contributed by atoms with Crippen molar-refractivity contribution >= 4 is 17.7 Å². The molecule has 0 spiro atoms. The van der Waals surface area contributed by atoms with E-state index >= 15 is 0 Å². The topological polar surface area (TPSA) is 140 Å². The highest BCUT2D eigenvalue weighted by Gasteiger charge is 2.34. The van der Waals surface area contributed by atoms with Gasteiger partial charge in [0.25, 0.3) is 0 Å². The molecule has 1 aromatic heterocycles. The van der Waals surface area contributed by atoms with E-state index in [9.17, 15) is 9.59 Å². The first-order valence-corrected chi connectivity index (χ1v) is 8.73. The smallest absolute Gasteiger partial charge is 0.306 e. The molecule has 1 aliphatic rings. The number of nitrogens with zero attached hydrogens (tertiary/aromatic N) is 2. The summed E-state index contributed by atoms with van der Waals surface area (Å²) in [6.07, 6.45) is 3.62. The van der Waals surface area contributed by atoms with Gasteiger partial charge in [0.05, 0.1) is 43.6 Å². The maximum Gasteiger partial charge on any atom is 0.306 e. The van der Waals surface area contributed by atoms with Crippen LogP contribution in [-0.2, 0) is 14.3 Å². The molecule has 28 heavy (non-hydrogen) atoms. The summed E-state index contributed by atoms with van der Waals surface area (Å²) in [6.45, 7) is 0.315. The Balaban J connectivity index is 1.54. The van der Waals surface area contributed by atoms with Crippen LogP contribution in [-0.4, -0.2) is 47.4 Å². The fourth-order valence-corrected chi connectivity index (χ4v) is 2.93. The van der Waals surface area contributed by atoms with Crippen LogP contribution in [0.5, 0.6) is 5.75 Å². The van der Waals surface area contributed by atoms with Crippen molar-refractivity contribution in [1.29, 1.82) is 5.41 Å². The van der Waals surface area contributed by atoms with Crippen molar-refractivity contribution < 1.29 is 19.1 Å². The quantitative estimate of drug-likeness (QED) is 0.366. The molecule has 1 amide bonds. The molecular weight excluding hydrogens is 362 g/mol. The number of amides is 1. The van der Waals surface area contributed by atoms with Gasteiger partial charge in [-0.25, -0.2) is 4.98 Å². The van der Waals surface area contributed by atoms with Crippen LogP contribution in [0.15, 0.2) is 36.7 Å². The molecule has 2 aromatic rings. The van der Waals surface area contributed by atoms with Gasteiger partial charge in [0.2, 0.25) is 5.91 Å². The van der Waals surface area contributed by atoms with Gasteiger partial charge in [-0.1, -0.05) is 0 Å². The van der Waals surface area contributed by atoms with E-state index < -0.39 is 5.97 Å². The Bertz CT molecular complexity index is 867. The lowest BCUT2D eigenvalue weighted by molar-refractivity contribution is -0.143. The van der Waals surface area contributed by atoms with Gasteiger partial charge in [0.15, 0.2) is 0 Å². The van der Waals surface area contributed by atoms with Gasteiger partial charge in [-0.2, -0.15) is 0 Å². The first-order valence-electron chi connectivity index (χ1n) is 8.73. The summed E-state index contributed by atoms with van der Waals surface area (Å²) >= 11 is 0. The van der Waals surface area contributed by atoms with Gasteiger partial charge in [-0.3, -0.25) is 20.0 Å². The Morgan fingerprint density at radius 3 is 2.64 bits per heavy atom. The molecule has 3 rings (SSSR count). The standard InChI is InChI=1S/C19H21N5O4/c1-27-17(25)7-12-6-13(24-19(12)26)10-28-14-4-2-11(3-5-14)15-8-23-16(9-22-15)18(20)21/h2-5,8-9,12-13H,6-7,10H2,1H3,(H3,20,21)(H,24,26)/t12-,13-/m0/s1. The number of rotatable bonds is 7. The van der Waals surface area contributed by atoms with Crippen LogP contribution >= 0.6 is 0 Å². The molecule has 0 bridgehead atoms. The Labute approximate surface area is 161 Å². The summed E-state index contributed by atoms with van der Waals surface area (Å²) in [5.74, 6) is -0.392. The van der Waals surface area contributed by atoms with Crippen molar-refractivity contribution in [3.05, 3.63) is 42.4 Å². The van der Waals surface area contributed by atoms with Gasteiger partial charge in [0.1, 0.15) is 23.9 Å². The predicted octanol–water partition coefficient (Wildman–Crippen LogP) is 0.874. The third-order valence-corrected chi connectivity index (χ3v) is 4.46. The lowest BCUT2D eigenvalue weighted by Crippen LogP contribution is -2.31. The minimum atomic E-state index is -0.392. The average Bonchev–Trinajstić information content (AvgIpc) is 3.06. The van der Waals surface area contributed by atoms with E-state index in [1.807, 2.05) is 12.1 Å². The lowest BCUT2D eigenvalue weighted by Gasteiger charge is -2.12. The monoisotopic (exact) mass is 383 g/mol. The van der Waals surface area contributed by atoms with Crippen LogP contribution in [0.3, 0.4) is 0 Å². The van der Waals surface area contributed by atoms with Crippen molar-refractivity contribution in [2.75, 3.05) is 13.7 Å². The summed E-state index contributed by atoms with van der Waals surface area (Å²) in [6, 6.07) is 7.16. The second-order valence-electron chi connectivity index (χ2n) is 6.45. The van der Waals surface area contributed by atoms with Crippen LogP contribution in [0, 0.1) is 11.3 Å². The molecule has 0 radical (unpaired) electrons. The predicted molar refractivity (Wildman–Crippen MR) is 101 cm³/mol.